The quantitative estimate of drug-likeness (QED) is 0.328. The molecule has 0 aromatic heterocycles. The first-order chi connectivity index (χ1) is 13.6. The minimum absolute atomic E-state index is 0. The van der Waals surface area contributed by atoms with Gasteiger partial charge >= 0.3 is 5.97 Å². The molecular weight excluding hydrogens is 434 g/mol. The lowest BCUT2D eigenvalue weighted by Gasteiger charge is -2.51. The van der Waals surface area contributed by atoms with Gasteiger partial charge in [0.1, 0.15) is 6.61 Å². The van der Waals surface area contributed by atoms with Crippen LogP contribution in [0.3, 0.4) is 0 Å². The number of carbonyl (C=O) groups is 1. The fourth-order valence-corrected chi connectivity index (χ4v) is 4.93. The zero-order chi connectivity index (χ0) is 20.0. The number of unbranched alkanes of at least 4 members (excludes halogenated alkanes) is 1. The highest BCUT2D eigenvalue weighted by atomic mass is 79.9. The molecule has 0 N–H and O–H groups in total. The van der Waals surface area contributed by atoms with Crippen LogP contribution in [0.2, 0.25) is 0 Å². The summed E-state index contributed by atoms with van der Waals surface area (Å²) in [5.41, 5.74) is 0.524. The summed E-state index contributed by atoms with van der Waals surface area (Å²) < 4.78 is 18.1. The SMILES string of the molecule is CCCCOc1ccc(C(=O)OC[C@@H]2CCC[N+]3(C)CCCCC23)cc1OC.[Br-]. The van der Waals surface area contributed by atoms with Crippen LogP contribution in [0.4, 0.5) is 0 Å². The van der Waals surface area contributed by atoms with E-state index in [1.807, 2.05) is 0 Å². The molecule has 2 fully saturated rings. The van der Waals surface area contributed by atoms with Gasteiger partial charge in [-0.25, -0.2) is 4.79 Å². The summed E-state index contributed by atoms with van der Waals surface area (Å²) in [5.74, 6) is 1.46. The summed E-state index contributed by atoms with van der Waals surface area (Å²) in [4.78, 5) is 12.6. The summed E-state index contributed by atoms with van der Waals surface area (Å²) >= 11 is 0. The molecule has 5 nitrogen and oxygen atoms in total. The van der Waals surface area contributed by atoms with Crippen molar-refractivity contribution >= 4 is 5.97 Å². The third-order valence-corrected chi connectivity index (χ3v) is 6.59. The summed E-state index contributed by atoms with van der Waals surface area (Å²) in [6, 6.07) is 5.94. The number of quaternary nitrogens is 1. The van der Waals surface area contributed by atoms with Crippen molar-refractivity contribution in [2.45, 2.75) is 57.9 Å². The maximum absolute atomic E-state index is 12.6. The number of hydrogen-bond acceptors (Lipinski definition) is 4. The summed E-state index contributed by atoms with van der Waals surface area (Å²) in [5, 5.41) is 0. The first kappa shape index (κ1) is 24.0. The van der Waals surface area contributed by atoms with Crippen LogP contribution in [0.1, 0.15) is 62.2 Å². The molecule has 6 heteroatoms. The van der Waals surface area contributed by atoms with Gasteiger partial charge in [-0.3, -0.25) is 0 Å². The number of ether oxygens (including phenoxy) is 3. The van der Waals surface area contributed by atoms with E-state index in [4.69, 9.17) is 14.2 Å². The highest BCUT2D eigenvalue weighted by molar-refractivity contribution is 5.90. The van der Waals surface area contributed by atoms with Gasteiger partial charge < -0.3 is 35.7 Å². The molecule has 1 aromatic rings. The number of esters is 1. The molecule has 3 atom stereocenters. The van der Waals surface area contributed by atoms with E-state index < -0.39 is 0 Å². The maximum atomic E-state index is 12.6. The molecule has 0 bridgehead atoms. The van der Waals surface area contributed by atoms with Gasteiger partial charge in [0.25, 0.3) is 0 Å². The highest BCUT2D eigenvalue weighted by Crippen LogP contribution is 2.36. The lowest BCUT2D eigenvalue weighted by molar-refractivity contribution is -0.947. The average Bonchev–Trinajstić information content (AvgIpc) is 2.71. The molecule has 0 amide bonds. The molecule has 29 heavy (non-hydrogen) atoms. The number of carbonyl (C=O) groups excluding carboxylic acids is 1. The van der Waals surface area contributed by atoms with Crippen molar-refractivity contribution in [1.82, 2.24) is 0 Å². The smallest absolute Gasteiger partial charge is 0.338 e. The van der Waals surface area contributed by atoms with Gasteiger partial charge in [0, 0.05) is 12.3 Å². The number of nitrogens with zero attached hydrogens (tertiary/aromatic N) is 1. The van der Waals surface area contributed by atoms with Crippen LogP contribution in [0, 0.1) is 5.92 Å². The van der Waals surface area contributed by atoms with Crippen LogP contribution < -0.4 is 26.5 Å². The van der Waals surface area contributed by atoms with Crippen molar-refractivity contribution in [3.8, 4) is 11.5 Å². The molecule has 164 valence electrons. The van der Waals surface area contributed by atoms with Gasteiger partial charge in [-0.05, 0) is 50.3 Å². The van der Waals surface area contributed by atoms with E-state index in [9.17, 15) is 4.79 Å². The largest absolute Gasteiger partial charge is 1.00 e. The minimum Gasteiger partial charge on any atom is -1.00 e. The third-order valence-electron chi connectivity index (χ3n) is 6.59. The molecule has 2 saturated heterocycles. The van der Waals surface area contributed by atoms with Crippen molar-refractivity contribution in [2.24, 2.45) is 5.92 Å². The Bertz CT molecular complexity index is 664. The van der Waals surface area contributed by atoms with E-state index in [-0.39, 0.29) is 23.0 Å². The molecule has 0 aliphatic carbocycles. The first-order valence-electron chi connectivity index (χ1n) is 10.9. The number of hydrogen-bond donors (Lipinski definition) is 0. The molecule has 2 heterocycles. The predicted octanol–water partition coefficient (Wildman–Crippen LogP) is 1.44. The monoisotopic (exact) mass is 469 g/mol. The predicted molar refractivity (Wildman–Crippen MR) is 110 cm³/mol. The molecule has 1 aromatic carbocycles. The Balaban J connectivity index is 0.00000300. The van der Waals surface area contributed by atoms with Crippen LogP contribution in [0.15, 0.2) is 18.2 Å². The molecule has 2 unspecified atom stereocenters. The Kier molecular flexibility index (Phi) is 9.28. The van der Waals surface area contributed by atoms with Crippen LogP contribution in [-0.4, -0.2) is 57.0 Å². The van der Waals surface area contributed by atoms with Gasteiger partial charge in [-0.1, -0.05) is 13.3 Å². The lowest BCUT2D eigenvalue weighted by atomic mass is 9.82. The fourth-order valence-electron chi connectivity index (χ4n) is 4.93. The number of benzene rings is 1. The van der Waals surface area contributed by atoms with E-state index in [1.165, 1.54) is 49.7 Å². The first-order valence-corrected chi connectivity index (χ1v) is 10.9. The summed E-state index contributed by atoms with van der Waals surface area (Å²) in [6.07, 6.45) is 8.35. The van der Waals surface area contributed by atoms with Crippen molar-refractivity contribution in [3.05, 3.63) is 23.8 Å². The normalized spacial score (nSPS) is 26.0. The summed E-state index contributed by atoms with van der Waals surface area (Å²) in [7, 11) is 3.99. The highest BCUT2D eigenvalue weighted by Gasteiger charge is 2.43. The Hall–Kier alpha value is -1.27. The molecular formula is C23H36BrNO4. The Labute approximate surface area is 186 Å². The number of piperidine rings is 2. The van der Waals surface area contributed by atoms with Crippen LogP contribution in [0.5, 0.6) is 11.5 Å². The third kappa shape index (κ3) is 5.88. The van der Waals surface area contributed by atoms with Gasteiger partial charge in [-0.15, -0.1) is 0 Å². The van der Waals surface area contributed by atoms with Crippen molar-refractivity contribution in [2.75, 3.05) is 40.5 Å². The average molecular weight is 470 g/mol. The zero-order valence-corrected chi connectivity index (χ0v) is 19.7. The van der Waals surface area contributed by atoms with E-state index >= 15 is 0 Å². The molecule has 0 spiro atoms. The topological polar surface area (TPSA) is 44.8 Å². The van der Waals surface area contributed by atoms with E-state index in [2.05, 4.69) is 14.0 Å². The zero-order valence-electron chi connectivity index (χ0n) is 18.1. The number of rotatable bonds is 8. The second-order valence-corrected chi connectivity index (χ2v) is 8.56. The number of methoxy groups -OCH3 is 1. The van der Waals surface area contributed by atoms with E-state index in [0.29, 0.717) is 42.2 Å². The minimum atomic E-state index is -0.269. The fraction of sp³-hybridized carbons (Fsp3) is 0.696. The van der Waals surface area contributed by atoms with Gasteiger partial charge in [0.15, 0.2) is 11.5 Å². The Morgan fingerprint density at radius 1 is 1.14 bits per heavy atom. The molecule has 2 aliphatic heterocycles. The van der Waals surface area contributed by atoms with Crippen LogP contribution in [0.25, 0.3) is 0 Å². The van der Waals surface area contributed by atoms with E-state index in [0.717, 1.165) is 12.8 Å². The van der Waals surface area contributed by atoms with Crippen molar-refractivity contribution in [1.29, 1.82) is 0 Å². The standard InChI is InChI=1S/C23H36NO4.BrH/c1-4-5-15-27-21-12-11-18(16-22(21)26-3)23(25)28-17-19-9-8-14-24(2)13-7-6-10-20(19)24;/h11-12,16,19-20H,4-10,13-15,17H2,1-3H3;1H/q+1;/p-1/t19-,20?,24?;/m0./s1. The molecule has 2 aliphatic rings. The molecule has 0 radical (unpaired) electrons. The molecule has 0 saturated carbocycles. The van der Waals surface area contributed by atoms with Gasteiger partial charge in [0.05, 0.1) is 45.5 Å². The number of halogens is 1. The Morgan fingerprint density at radius 2 is 1.93 bits per heavy atom. The van der Waals surface area contributed by atoms with Crippen LogP contribution in [-0.2, 0) is 4.74 Å². The van der Waals surface area contributed by atoms with Crippen LogP contribution >= 0.6 is 0 Å². The molecule has 3 rings (SSSR count). The summed E-state index contributed by atoms with van der Waals surface area (Å²) in [6.45, 7) is 5.84. The van der Waals surface area contributed by atoms with Crippen molar-refractivity contribution < 1.29 is 40.5 Å². The maximum Gasteiger partial charge on any atom is 0.338 e. The van der Waals surface area contributed by atoms with Gasteiger partial charge in [-0.2, -0.15) is 0 Å². The second-order valence-electron chi connectivity index (χ2n) is 8.56. The second kappa shape index (κ2) is 11.2. The lowest BCUT2D eigenvalue weighted by Crippen LogP contribution is -3.00. The number of fused-ring (bicyclic) bond motifs is 1. The van der Waals surface area contributed by atoms with E-state index in [1.54, 1.807) is 25.3 Å². The van der Waals surface area contributed by atoms with Crippen molar-refractivity contribution in [3.63, 3.8) is 0 Å². The Morgan fingerprint density at radius 3 is 2.69 bits per heavy atom. The van der Waals surface area contributed by atoms with Gasteiger partial charge in [0.2, 0.25) is 0 Å².